The molecule has 1 aromatic heterocycles. The van der Waals surface area contributed by atoms with E-state index in [1.807, 2.05) is 0 Å². The molecule has 1 aromatic carbocycles. The second-order valence-corrected chi connectivity index (χ2v) is 6.17. The predicted molar refractivity (Wildman–Crippen MR) is 98.6 cm³/mol. The molecule has 0 amide bonds. The second-order valence-electron chi connectivity index (χ2n) is 4.76. The van der Waals surface area contributed by atoms with Gasteiger partial charge in [-0.3, -0.25) is 5.43 Å². The first-order chi connectivity index (χ1) is 12.0. The van der Waals surface area contributed by atoms with Crippen molar-refractivity contribution >= 4 is 40.3 Å². The highest BCUT2D eigenvalue weighted by atomic mass is 35.5. The van der Waals surface area contributed by atoms with Crippen LogP contribution in [0.3, 0.4) is 0 Å². The van der Waals surface area contributed by atoms with Gasteiger partial charge in [-0.15, -0.1) is 0 Å². The molecule has 7 nitrogen and oxygen atoms in total. The number of methoxy groups -OCH3 is 2. The van der Waals surface area contributed by atoms with E-state index in [0.29, 0.717) is 44.4 Å². The van der Waals surface area contributed by atoms with Crippen LogP contribution in [0.5, 0.6) is 11.5 Å². The summed E-state index contributed by atoms with van der Waals surface area (Å²) in [5.41, 5.74) is 4.10. The average Bonchev–Trinajstić information content (AvgIpc) is 2.95. The van der Waals surface area contributed by atoms with Gasteiger partial charge in [0.2, 0.25) is 5.13 Å². The Bertz CT molecular complexity index is 792. The third-order valence-electron chi connectivity index (χ3n) is 3.09. The summed E-state index contributed by atoms with van der Waals surface area (Å²) in [4.78, 5) is 16.5. The van der Waals surface area contributed by atoms with E-state index in [0.717, 1.165) is 0 Å². The van der Waals surface area contributed by atoms with Gasteiger partial charge in [0.05, 0.1) is 37.8 Å². The van der Waals surface area contributed by atoms with Crippen LogP contribution in [0.4, 0.5) is 5.13 Å². The van der Waals surface area contributed by atoms with E-state index in [-0.39, 0.29) is 5.97 Å². The van der Waals surface area contributed by atoms with Crippen molar-refractivity contribution in [2.75, 3.05) is 26.3 Å². The molecule has 25 heavy (non-hydrogen) atoms. The highest BCUT2D eigenvalue weighted by molar-refractivity contribution is 7.17. The highest BCUT2D eigenvalue weighted by Gasteiger charge is 2.16. The van der Waals surface area contributed by atoms with E-state index < -0.39 is 0 Å². The number of halogens is 1. The largest absolute Gasteiger partial charge is 0.493 e. The van der Waals surface area contributed by atoms with Crippen LogP contribution in [-0.2, 0) is 4.74 Å². The lowest BCUT2D eigenvalue weighted by Crippen LogP contribution is -2.03. The molecule has 9 heteroatoms. The van der Waals surface area contributed by atoms with Gasteiger partial charge in [0.1, 0.15) is 4.88 Å². The van der Waals surface area contributed by atoms with Crippen molar-refractivity contribution in [3.8, 4) is 11.5 Å². The summed E-state index contributed by atoms with van der Waals surface area (Å²) in [5, 5.41) is 5.01. The Balaban J connectivity index is 2.12. The standard InChI is InChI=1S/C16H18ClN3O4S/c1-5-24-15(21)14-9(2)19-16(25-14)20-18-8-10-6-11(17)13(23-4)12(7-10)22-3/h6-8H,5H2,1-4H3,(H,19,20)/b18-8-. The van der Waals surface area contributed by atoms with E-state index >= 15 is 0 Å². The number of nitrogens with one attached hydrogen (secondary N) is 1. The van der Waals surface area contributed by atoms with Gasteiger partial charge in [0.15, 0.2) is 11.5 Å². The first kappa shape index (κ1) is 19.0. The van der Waals surface area contributed by atoms with Crippen LogP contribution in [-0.4, -0.2) is 38.0 Å². The Kier molecular flexibility index (Phi) is 6.60. The molecule has 0 radical (unpaired) electrons. The number of anilines is 1. The van der Waals surface area contributed by atoms with E-state index in [1.54, 1.807) is 32.2 Å². The van der Waals surface area contributed by atoms with Gasteiger partial charge in [0.25, 0.3) is 0 Å². The topological polar surface area (TPSA) is 82.0 Å². The van der Waals surface area contributed by atoms with Crippen molar-refractivity contribution in [2.24, 2.45) is 5.10 Å². The third kappa shape index (κ3) is 4.61. The number of ether oxygens (including phenoxy) is 3. The molecule has 0 unspecified atom stereocenters. The Morgan fingerprint density at radius 1 is 1.40 bits per heavy atom. The van der Waals surface area contributed by atoms with Gasteiger partial charge in [-0.2, -0.15) is 5.10 Å². The summed E-state index contributed by atoms with van der Waals surface area (Å²) in [5.74, 6) is 0.580. The molecule has 0 saturated carbocycles. The molecule has 2 aromatic rings. The Hall–Kier alpha value is -2.32. The van der Waals surface area contributed by atoms with Crippen LogP contribution in [0.25, 0.3) is 0 Å². The minimum absolute atomic E-state index is 0.317. The molecule has 0 saturated heterocycles. The molecule has 2 rings (SSSR count). The first-order valence-corrected chi connectivity index (χ1v) is 8.54. The van der Waals surface area contributed by atoms with Crippen LogP contribution in [0, 0.1) is 6.92 Å². The van der Waals surface area contributed by atoms with Crippen LogP contribution in [0.15, 0.2) is 17.2 Å². The molecular formula is C16H18ClN3O4S. The van der Waals surface area contributed by atoms with Crippen LogP contribution in [0.1, 0.15) is 27.9 Å². The fourth-order valence-electron chi connectivity index (χ4n) is 2.00. The van der Waals surface area contributed by atoms with Crippen molar-refractivity contribution in [2.45, 2.75) is 13.8 Å². The Labute approximate surface area is 154 Å². The maximum absolute atomic E-state index is 11.8. The van der Waals surface area contributed by atoms with E-state index in [2.05, 4.69) is 15.5 Å². The zero-order valence-electron chi connectivity index (χ0n) is 14.3. The molecule has 0 fully saturated rings. The van der Waals surface area contributed by atoms with Gasteiger partial charge in [-0.1, -0.05) is 22.9 Å². The van der Waals surface area contributed by atoms with Crippen LogP contribution < -0.4 is 14.9 Å². The van der Waals surface area contributed by atoms with Crippen molar-refractivity contribution in [3.05, 3.63) is 33.3 Å². The minimum Gasteiger partial charge on any atom is -0.493 e. The molecule has 1 heterocycles. The summed E-state index contributed by atoms with van der Waals surface area (Å²) in [7, 11) is 3.05. The molecule has 0 atom stereocenters. The minimum atomic E-state index is -0.388. The molecule has 1 N–H and O–H groups in total. The number of nitrogens with zero attached hydrogens (tertiary/aromatic N) is 2. The molecule has 134 valence electrons. The number of esters is 1. The van der Waals surface area contributed by atoms with Crippen molar-refractivity contribution in [1.82, 2.24) is 4.98 Å². The fraction of sp³-hybridized carbons (Fsp3) is 0.312. The van der Waals surface area contributed by atoms with Crippen LogP contribution >= 0.6 is 22.9 Å². The third-order valence-corrected chi connectivity index (χ3v) is 4.41. The van der Waals surface area contributed by atoms with E-state index in [4.69, 9.17) is 25.8 Å². The maximum Gasteiger partial charge on any atom is 0.350 e. The van der Waals surface area contributed by atoms with Gasteiger partial charge in [-0.05, 0) is 31.5 Å². The smallest absolute Gasteiger partial charge is 0.350 e. The molecule has 0 aliphatic heterocycles. The number of hydrogen-bond acceptors (Lipinski definition) is 8. The zero-order valence-corrected chi connectivity index (χ0v) is 15.8. The van der Waals surface area contributed by atoms with E-state index in [9.17, 15) is 4.79 Å². The highest BCUT2D eigenvalue weighted by Crippen LogP contribution is 2.35. The molecule has 0 aliphatic carbocycles. The molecular weight excluding hydrogens is 366 g/mol. The lowest BCUT2D eigenvalue weighted by molar-refractivity contribution is 0.0531. The summed E-state index contributed by atoms with van der Waals surface area (Å²) < 4.78 is 15.4. The molecule has 0 spiro atoms. The quantitative estimate of drug-likeness (QED) is 0.445. The SMILES string of the molecule is CCOC(=O)c1sc(N/N=C\c2cc(Cl)c(OC)c(OC)c2)nc1C. The summed E-state index contributed by atoms with van der Waals surface area (Å²) >= 11 is 7.33. The number of carbonyl (C=O) groups excluding carboxylic acids is 1. The molecule has 0 aliphatic rings. The predicted octanol–water partition coefficient (Wildman–Crippen LogP) is 3.74. The average molecular weight is 384 g/mol. The lowest BCUT2D eigenvalue weighted by atomic mass is 10.2. The number of carbonyl (C=O) groups is 1. The summed E-state index contributed by atoms with van der Waals surface area (Å²) in [6.07, 6.45) is 1.56. The first-order valence-electron chi connectivity index (χ1n) is 7.35. The second kappa shape index (κ2) is 8.68. The summed E-state index contributed by atoms with van der Waals surface area (Å²) in [6.45, 7) is 3.81. The Morgan fingerprint density at radius 2 is 2.16 bits per heavy atom. The van der Waals surface area contributed by atoms with Crippen molar-refractivity contribution in [1.29, 1.82) is 0 Å². The number of thiazole rings is 1. The van der Waals surface area contributed by atoms with Crippen molar-refractivity contribution < 1.29 is 19.0 Å². The monoisotopic (exact) mass is 383 g/mol. The van der Waals surface area contributed by atoms with Crippen molar-refractivity contribution in [3.63, 3.8) is 0 Å². The lowest BCUT2D eigenvalue weighted by Gasteiger charge is -2.09. The van der Waals surface area contributed by atoms with Crippen LogP contribution in [0.2, 0.25) is 5.02 Å². The normalized spacial score (nSPS) is 10.8. The number of hydrazone groups is 1. The van der Waals surface area contributed by atoms with Gasteiger partial charge in [-0.25, -0.2) is 9.78 Å². The van der Waals surface area contributed by atoms with Gasteiger partial charge in [0, 0.05) is 0 Å². The number of aryl methyl sites for hydroxylation is 1. The molecule has 0 bridgehead atoms. The number of rotatable bonds is 7. The van der Waals surface area contributed by atoms with Gasteiger partial charge < -0.3 is 14.2 Å². The Morgan fingerprint density at radius 3 is 2.80 bits per heavy atom. The fourth-order valence-corrected chi connectivity index (χ4v) is 3.11. The number of benzene rings is 1. The zero-order chi connectivity index (χ0) is 18.4. The van der Waals surface area contributed by atoms with Gasteiger partial charge >= 0.3 is 5.97 Å². The maximum atomic E-state index is 11.8. The number of aromatic nitrogens is 1. The number of hydrogen-bond donors (Lipinski definition) is 1. The van der Waals surface area contributed by atoms with E-state index in [1.165, 1.54) is 25.6 Å². The summed E-state index contributed by atoms with van der Waals surface area (Å²) in [6, 6.07) is 3.44.